The summed E-state index contributed by atoms with van der Waals surface area (Å²) in [5, 5.41) is 19.4. The molecule has 4 aromatic rings. The number of carbonyl (C=O) groups is 1. The Morgan fingerprint density at radius 3 is 2.83 bits per heavy atom. The zero-order chi connectivity index (χ0) is 20.5. The van der Waals surface area contributed by atoms with Crippen molar-refractivity contribution in [2.24, 2.45) is 7.05 Å². The summed E-state index contributed by atoms with van der Waals surface area (Å²) in [5.74, 6) is 0.663. The highest BCUT2D eigenvalue weighted by Gasteiger charge is 2.15. The Balaban J connectivity index is 1.54. The van der Waals surface area contributed by atoms with Gasteiger partial charge in [-0.25, -0.2) is 14.2 Å². The van der Waals surface area contributed by atoms with E-state index in [-0.39, 0.29) is 12.3 Å². The lowest BCUT2D eigenvalue weighted by atomic mass is 10.3. The third kappa shape index (κ3) is 4.27. The highest BCUT2D eigenvalue weighted by molar-refractivity contribution is 9.10. The van der Waals surface area contributed by atoms with Crippen LogP contribution in [0, 0.1) is 13.8 Å². The average molecular weight is 474 g/mol. The summed E-state index contributed by atoms with van der Waals surface area (Å²) in [5.41, 5.74) is 2.41. The van der Waals surface area contributed by atoms with Gasteiger partial charge < -0.3 is 5.32 Å². The summed E-state index contributed by atoms with van der Waals surface area (Å²) in [4.78, 5) is 22.2. The molecule has 0 aliphatic heterocycles. The monoisotopic (exact) mass is 473 g/mol. The largest absolute Gasteiger partial charge is 0.325 e. The van der Waals surface area contributed by atoms with Crippen molar-refractivity contribution in [2.45, 2.75) is 30.3 Å². The molecule has 0 aliphatic carbocycles. The molecular weight excluding hydrogens is 458 g/mol. The summed E-state index contributed by atoms with van der Waals surface area (Å²) in [6.45, 7) is 3.82. The fourth-order valence-electron chi connectivity index (χ4n) is 2.72. The molecule has 0 unspecified atom stereocenters. The Hall–Kier alpha value is -2.86. The van der Waals surface area contributed by atoms with Crippen LogP contribution in [0.4, 0.5) is 5.69 Å². The summed E-state index contributed by atoms with van der Waals surface area (Å²) in [6.07, 6.45) is 0.0317. The van der Waals surface area contributed by atoms with E-state index in [1.807, 2.05) is 38.1 Å². The standard InChI is InChI=1S/C17H16BrN9OS/c1-9-6-10(2)27-16(19-9)21-14(23-27)8-15(28)20-12-7-11(18)4-5-13(12)29-17-22-24-25-26(17)3/h4-7H,8H2,1-3H3,(H,20,28). The van der Waals surface area contributed by atoms with Crippen molar-refractivity contribution in [3.05, 3.63) is 46.0 Å². The van der Waals surface area contributed by atoms with Crippen LogP contribution in [0.2, 0.25) is 0 Å². The number of hydrogen-bond donors (Lipinski definition) is 1. The maximum atomic E-state index is 12.7. The van der Waals surface area contributed by atoms with Gasteiger partial charge in [-0.2, -0.15) is 4.98 Å². The van der Waals surface area contributed by atoms with Crippen LogP contribution in [0.5, 0.6) is 0 Å². The highest BCUT2D eigenvalue weighted by atomic mass is 79.9. The van der Waals surface area contributed by atoms with Crippen LogP contribution >= 0.6 is 27.7 Å². The van der Waals surface area contributed by atoms with Crippen molar-refractivity contribution in [2.75, 3.05) is 5.32 Å². The van der Waals surface area contributed by atoms with E-state index in [1.165, 1.54) is 11.8 Å². The van der Waals surface area contributed by atoms with E-state index in [0.29, 0.717) is 22.4 Å². The molecule has 0 saturated carbocycles. The second kappa shape index (κ2) is 7.87. The quantitative estimate of drug-likeness (QED) is 0.469. The zero-order valence-electron chi connectivity index (χ0n) is 15.8. The average Bonchev–Trinajstić information content (AvgIpc) is 3.23. The lowest BCUT2D eigenvalue weighted by Gasteiger charge is -2.10. The van der Waals surface area contributed by atoms with Crippen molar-refractivity contribution in [3.8, 4) is 0 Å². The first-order valence-electron chi connectivity index (χ1n) is 8.58. The minimum absolute atomic E-state index is 0.0317. The lowest BCUT2D eigenvalue weighted by Crippen LogP contribution is -2.16. The normalized spacial score (nSPS) is 11.2. The number of halogens is 1. The number of hydrogen-bond acceptors (Lipinski definition) is 8. The molecule has 0 atom stereocenters. The van der Waals surface area contributed by atoms with Gasteiger partial charge in [-0.3, -0.25) is 4.79 Å². The molecule has 10 nitrogen and oxygen atoms in total. The van der Waals surface area contributed by atoms with E-state index in [0.717, 1.165) is 20.8 Å². The third-order valence-electron chi connectivity index (χ3n) is 3.98. The van der Waals surface area contributed by atoms with Crippen LogP contribution in [0.15, 0.2) is 38.8 Å². The molecule has 1 amide bonds. The van der Waals surface area contributed by atoms with Gasteiger partial charge in [0.1, 0.15) is 0 Å². The van der Waals surface area contributed by atoms with E-state index in [4.69, 9.17) is 0 Å². The number of fused-ring (bicyclic) bond motifs is 1. The molecule has 4 rings (SSSR count). The molecule has 1 N–H and O–H groups in total. The second-order valence-electron chi connectivity index (χ2n) is 6.33. The molecule has 0 radical (unpaired) electrons. The van der Waals surface area contributed by atoms with Gasteiger partial charge in [0.2, 0.25) is 11.1 Å². The number of carbonyl (C=O) groups excluding carboxylic acids is 1. The number of amides is 1. The Kier molecular flexibility index (Phi) is 5.28. The van der Waals surface area contributed by atoms with Gasteiger partial charge in [-0.05, 0) is 60.3 Å². The SMILES string of the molecule is Cc1cc(C)n2nc(CC(=O)Nc3cc(Br)ccc3Sc3nnnn3C)nc2n1. The van der Waals surface area contributed by atoms with Gasteiger partial charge in [0.05, 0.1) is 12.1 Å². The van der Waals surface area contributed by atoms with E-state index in [1.54, 1.807) is 16.2 Å². The van der Waals surface area contributed by atoms with Crippen LogP contribution < -0.4 is 5.32 Å². The zero-order valence-corrected chi connectivity index (χ0v) is 18.2. The Morgan fingerprint density at radius 1 is 1.24 bits per heavy atom. The van der Waals surface area contributed by atoms with Gasteiger partial charge in [0.25, 0.3) is 5.78 Å². The molecule has 148 valence electrons. The maximum absolute atomic E-state index is 12.7. The topological polar surface area (TPSA) is 116 Å². The predicted molar refractivity (Wildman–Crippen MR) is 110 cm³/mol. The van der Waals surface area contributed by atoms with Crippen molar-refractivity contribution < 1.29 is 4.79 Å². The molecular formula is C17H16BrN9OS. The smallest absolute Gasteiger partial charge is 0.252 e. The number of tetrazole rings is 1. The van der Waals surface area contributed by atoms with Gasteiger partial charge in [0.15, 0.2) is 5.82 Å². The van der Waals surface area contributed by atoms with Crippen LogP contribution in [-0.4, -0.2) is 45.7 Å². The van der Waals surface area contributed by atoms with Gasteiger partial charge in [-0.15, -0.1) is 10.2 Å². The Morgan fingerprint density at radius 2 is 2.07 bits per heavy atom. The number of aromatic nitrogens is 8. The van der Waals surface area contributed by atoms with Gasteiger partial charge >= 0.3 is 0 Å². The minimum Gasteiger partial charge on any atom is -0.325 e. The van der Waals surface area contributed by atoms with Crippen LogP contribution in [0.1, 0.15) is 17.2 Å². The molecule has 3 heterocycles. The van der Waals surface area contributed by atoms with E-state index in [9.17, 15) is 4.79 Å². The lowest BCUT2D eigenvalue weighted by molar-refractivity contribution is -0.115. The van der Waals surface area contributed by atoms with Crippen LogP contribution in [0.25, 0.3) is 5.78 Å². The molecule has 12 heteroatoms. The number of aryl methyl sites for hydroxylation is 3. The molecule has 0 fully saturated rings. The van der Waals surface area contributed by atoms with Crippen molar-refractivity contribution in [1.29, 1.82) is 0 Å². The van der Waals surface area contributed by atoms with E-state index >= 15 is 0 Å². The van der Waals surface area contributed by atoms with Gasteiger partial charge in [0, 0.05) is 27.8 Å². The molecule has 29 heavy (non-hydrogen) atoms. The fourth-order valence-corrected chi connectivity index (χ4v) is 3.88. The summed E-state index contributed by atoms with van der Waals surface area (Å²) in [6, 6.07) is 7.52. The maximum Gasteiger partial charge on any atom is 0.252 e. The Bertz CT molecular complexity index is 1220. The summed E-state index contributed by atoms with van der Waals surface area (Å²) < 4.78 is 4.04. The highest BCUT2D eigenvalue weighted by Crippen LogP contribution is 2.33. The fraction of sp³-hybridized carbons (Fsp3) is 0.235. The molecule has 0 saturated heterocycles. The first kappa shape index (κ1) is 19.5. The number of rotatable bonds is 5. The van der Waals surface area contributed by atoms with E-state index < -0.39 is 0 Å². The predicted octanol–water partition coefficient (Wildman–Crippen LogP) is 2.36. The van der Waals surface area contributed by atoms with Crippen molar-refractivity contribution in [3.63, 3.8) is 0 Å². The summed E-state index contributed by atoms with van der Waals surface area (Å²) in [7, 11) is 1.76. The number of nitrogens with zero attached hydrogens (tertiary/aromatic N) is 8. The number of benzene rings is 1. The number of anilines is 1. The molecule has 3 aromatic heterocycles. The van der Waals surface area contributed by atoms with Crippen molar-refractivity contribution in [1.82, 2.24) is 39.8 Å². The molecule has 0 spiro atoms. The summed E-state index contributed by atoms with van der Waals surface area (Å²) >= 11 is 4.80. The van der Waals surface area contributed by atoms with E-state index in [2.05, 4.69) is 51.8 Å². The third-order valence-corrected chi connectivity index (χ3v) is 5.58. The number of nitrogens with one attached hydrogen (secondary N) is 1. The molecule has 0 aliphatic rings. The van der Waals surface area contributed by atoms with Crippen molar-refractivity contribution >= 4 is 45.1 Å². The molecule has 1 aromatic carbocycles. The Labute approximate surface area is 178 Å². The minimum atomic E-state index is -0.230. The van der Waals surface area contributed by atoms with Crippen LogP contribution in [0.3, 0.4) is 0 Å². The molecule has 0 bridgehead atoms. The van der Waals surface area contributed by atoms with Gasteiger partial charge in [-0.1, -0.05) is 15.9 Å². The van der Waals surface area contributed by atoms with Crippen LogP contribution in [-0.2, 0) is 18.3 Å². The first-order chi connectivity index (χ1) is 13.9. The second-order valence-corrected chi connectivity index (χ2v) is 8.26. The first-order valence-corrected chi connectivity index (χ1v) is 10.2.